The van der Waals surface area contributed by atoms with Gasteiger partial charge in [-0.05, 0) is 67.9 Å². The zero-order valence-electron chi connectivity index (χ0n) is 20.2. The van der Waals surface area contributed by atoms with Crippen LogP contribution in [0.5, 0.6) is 17.2 Å². The predicted octanol–water partition coefficient (Wildman–Crippen LogP) is 4.12. The van der Waals surface area contributed by atoms with Crippen LogP contribution in [0.4, 0.5) is 5.69 Å². The normalized spacial score (nSPS) is 15.0. The lowest BCUT2D eigenvalue weighted by Crippen LogP contribution is -2.51. The second-order valence-corrected chi connectivity index (χ2v) is 10.6. The molecule has 0 bridgehead atoms. The lowest BCUT2D eigenvalue weighted by atomic mass is 10.1. The number of ether oxygens (including phenoxy) is 3. The molecule has 4 rings (SSSR count). The van der Waals surface area contributed by atoms with E-state index in [4.69, 9.17) is 25.8 Å². The van der Waals surface area contributed by atoms with Crippen molar-refractivity contribution in [2.45, 2.75) is 24.8 Å². The van der Waals surface area contributed by atoms with Gasteiger partial charge in [0.1, 0.15) is 23.9 Å². The number of anilines is 1. The number of sulfonamides is 1. The van der Waals surface area contributed by atoms with Crippen LogP contribution in [0.3, 0.4) is 0 Å². The summed E-state index contributed by atoms with van der Waals surface area (Å²) in [7, 11) is -2.52. The molecule has 0 unspecified atom stereocenters. The van der Waals surface area contributed by atoms with Crippen molar-refractivity contribution < 1.29 is 27.4 Å². The summed E-state index contributed by atoms with van der Waals surface area (Å²) in [5, 5.41) is 3.12. The molecule has 0 saturated carbocycles. The topological polar surface area (TPSA) is 94.2 Å². The van der Waals surface area contributed by atoms with Gasteiger partial charge in [-0.15, -0.1) is 0 Å². The number of fused-ring (bicyclic) bond motifs is 1. The molecular weight excluding hydrogens is 504 g/mol. The zero-order chi connectivity index (χ0) is 25.9. The number of carbonyl (C=O) groups is 1. The molecule has 1 amide bonds. The summed E-state index contributed by atoms with van der Waals surface area (Å²) >= 11 is 6.14. The Balaban J connectivity index is 1.49. The second kappa shape index (κ2) is 10.7. The fraction of sp³-hybridized carbons (Fsp3) is 0.269. The number of halogens is 1. The first-order chi connectivity index (χ1) is 17.2. The Morgan fingerprint density at radius 2 is 1.86 bits per heavy atom. The van der Waals surface area contributed by atoms with Crippen molar-refractivity contribution in [2.75, 3.05) is 31.1 Å². The van der Waals surface area contributed by atoms with Crippen molar-refractivity contribution >= 4 is 33.2 Å². The molecule has 0 radical (unpaired) electrons. The first-order valence-corrected chi connectivity index (χ1v) is 13.1. The zero-order valence-corrected chi connectivity index (χ0v) is 21.7. The lowest BCUT2D eigenvalue weighted by molar-refractivity contribution is -0.127. The highest BCUT2D eigenvalue weighted by atomic mass is 35.5. The number of aryl methyl sites for hydroxylation is 2. The molecular formula is C26H27ClN2O6S. The summed E-state index contributed by atoms with van der Waals surface area (Å²) in [6.45, 7) is 4.22. The number of methoxy groups -OCH3 is 1. The number of hydrogen-bond donors (Lipinski definition) is 1. The monoisotopic (exact) mass is 530 g/mol. The first kappa shape index (κ1) is 25.7. The van der Waals surface area contributed by atoms with Crippen molar-refractivity contribution in [1.82, 2.24) is 5.32 Å². The smallest absolute Gasteiger partial charge is 0.264 e. The number of nitrogens with zero attached hydrogens (tertiary/aromatic N) is 1. The summed E-state index contributed by atoms with van der Waals surface area (Å²) in [6, 6.07) is 16.5. The van der Waals surface area contributed by atoms with E-state index in [2.05, 4.69) is 5.32 Å². The van der Waals surface area contributed by atoms with Crippen LogP contribution in [-0.2, 0) is 14.8 Å². The van der Waals surface area contributed by atoms with Gasteiger partial charge in [-0.1, -0.05) is 29.3 Å². The Bertz CT molecular complexity index is 1360. The molecule has 10 heteroatoms. The lowest BCUT2D eigenvalue weighted by Gasteiger charge is -2.34. The summed E-state index contributed by atoms with van der Waals surface area (Å²) in [5.41, 5.74) is 2.41. The van der Waals surface area contributed by atoms with Crippen LogP contribution < -0.4 is 23.8 Å². The molecule has 0 aliphatic carbocycles. The van der Waals surface area contributed by atoms with Crippen LogP contribution in [0.15, 0.2) is 65.6 Å². The maximum atomic E-state index is 13.5. The molecule has 3 aromatic carbocycles. The van der Waals surface area contributed by atoms with Gasteiger partial charge in [0.15, 0.2) is 6.10 Å². The van der Waals surface area contributed by atoms with Crippen molar-refractivity contribution in [3.05, 3.63) is 76.8 Å². The van der Waals surface area contributed by atoms with Crippen LogP contribution in [0.2, 0.25) is 5.02 Å². The molecule has 1 atom stereocenters. The molecule has 1 aliphatic heterocycles. The third-order valence-electron chi connectivity index (χ3n) is 5.72. The maximum Gasteiger partial charge on any atom is 0.264 e. The Kier molecular flexibility index (Phi) is 7.61. The number of amides is 1. The van der Waals surface area contributed by atoms with Crippen LogP contribution in [0.1, 0.15) is 11.1 Å². The Morgan fingerprint density at radius 3 is 2.56 bits per heavy atom. The van der Waals surface area contributed by atoms with E-state index in [0.29, 0.717) is 10.8 Å². The van der Waals surface area contributed by atoms with Gasteiger partial charge in [-0.25, -0.2) is 8.42 Å². The molecule has 0 spiro atoms. The number of carbonyl (C=O) groups excluding carboxylic acids is 1. The molecule has 0 saturated heterocycles. The summed E-state index contributed by atoms with van der Waals surface area (Å²) in [5.74, 6) is 1.06. The minimum Gasteiger partial charge on any atom is -0.497 e. The van der Waals surface area contributed by atoms with E-state index in [-0.39, 0.29) is 36.0 Å². The Hall–Kier alpha value is -3.43. The highest BCUT2D eigenvalue weighted by Crippen LogP contribution is 2.39. The first-order valence-electron chi connectivity index (χ1n) is 11.3. The van der Waals surface area contributed by atoms with Gasteiger partial charge in [-0.2, -0.15) is 0 Å². The summed E-state index contributed by atoms with van der Waals surface area (Å²) in [4.78, 5) is 13.0. The number of rotatable bonds is 8. The van der Waals surface area contributed by atoms with Gasteiger partial charge in [0, 0.05) is 5.02 Å². The van der Waals surface area contributed by atoms with E-state index in [1.807, 2.05) is 32.0 Å². The van der Waals surface area contributed by atoms with Crippen molar-refractivity contribution in [2.24, 2.45) is 0 Å². The fourth-order valence-corrected chi connectivity index (χ4v) is 5.51. The summed E-state index contributed by atoms with van der Waals surface area (Å²) < 4.78 is 45.0. The van der Waals surface area contributed by atoms with Crippen molar-refractivity contribution in [1.29, 1.82) is 0 Å². The third-order valence-corrected chi connectivity index (χ3v) is 7.75. The quantitative estimate of drug-likeness (QED) is 0.440. The van der Waals surface area contributed by atoms with Gasteiger partial charge in [0.2, 0.25) is 0 Å². The molecule has 3 aromatic rings. The molecule has 0 fully saturated rings. The Morgan fingerprint density at radius 1 is 1.11 bits per heavy atom. The van der Waals surface area contributed by atoms with E-state index in [1.54, 1.807) is 24.3 Å². The molecule has 36 heavy (non-hydrogen) atoms. The maximum absolute atomic E-state index is 13.5. The minimum absolute atomic E-state index is 0.0529. The Labute approximate surface area is 215 Å². The summed E-state index contributed by atoms with van der Waals surface area (Å²) in [6.07, 6.45) is -1.06. The third kappa shape index (κ3) is 5.52. The van der Waals surface area contributed by atoms with Gasteiger partial charge >= 0.3 is 0 Å². The average Bonchev–Trinajstić information content (AvgIpc) is 2.86. The largest absolute Gasteiger partial charge is 0.497 e. The van der Waals surface area contributed by atoms with Gasteiger partial charge in [0.25, 0.3) is 15.9 Å². The standard InChI is InChI=1S/C26H27ClN2O6S/c1-17-4-10-23(18(2)14-17)34-13-12-28-26(30)25-16-29(22-15-19(27)5-11-24(22)35-25)36(31,32)21-8-6-20(33-3)7-9-21/h4-11,14-15,25H,12-13,16H2,1-3H3,(H,28,30)/t25-/m1/s1. The number of nitrogens with one attached hydrogen (secondary N) is 1. The van der Waals surface area contributed by atoms with Crippen LogP contribution in [-0.4, -0.2) is 47.2 Å². The van der Waals surface area contributed by atoms with E-state index in [1.165, 1.54) is 25.3 Å². The fourth-order valence-electron chi connectivity index (χ4n) is 3.87. The highest BCUT2D eigenvalue weighted by Gasteiger charge is 2.37. The van der Waals surface area contributed by atoms with Crippen LogP contribution in [0, 0.1) is 13.8 Å². The molecule has 1 N–H and O–H groups in total. The average molecular weight is 531 g/mol. The van der Waals surface area contributed by atoms with Gasteiger partial charge < -0.3 is 19.5 Å². The van der Waals surface area contributed by atoms with Crippen molar-refractivity contribution in [3.63, 3.8) is 0 Å². The molecule has 8 nitrogen and oxygen atoms in total. The minimum atomic E-state index is -4.02. The molecule has 0 aromatic heterocycles. The predicted molar refractivity (Wildman–Crippen MR) is 138 cm³/mol. The van der Waals surface area contributed by atoms with E-state index in [9.17, 15) is 13.2 Å². The highest BCUT2D eigenvalue weighted by molar-refractivity contribution is 7.92. The number of benzene rings is 3. The van der Waals surface area contributed by atoms with E-state index >= 15 is 0 Å². The second-order valence-electron chi connectivity index (χ2n) is 8.34. The van der Waals surface area contributed by atoms with Crippen LogP contribution >= 0.6 is 11.6 Å². The SMILES string of the molecule is COc1ccc(S(=O)(=O)N2C[C@H](C(=O)NCCOc3ccc(C)cc3C)Oc3ccc(Cl)cc32)cc1. The molecule has 190 valence electrons. The molecule has 1 aliphatic rings. The van der Waals surface area contributed by atoms with Crippen LogP contribution in [0.25, 0.3) is 0 Å². The van der Waals surface area contributed by atoms with E-state index in [0.717, 1.165) is 21.2 Å². The van der Waals surface area contributed by atoms with Gasteiger partial charge in [-0.3, -0.25) is 9.10 Å². The van der Waals surface area contributed by atoms with E-state index < -0.39 is 22.0 Å². The molecule has 1 heterocycles. The number of hydrogen-bond acceptors (Lipinski definition) is 6. The van der Waals surface area contributed by atoms with Crippen molar-refractivity contribution in [3.8, 4) is 17.2 Å². The van der Waals surface area contributed by atoms with Gasteiger partial charge in [0.05, 0.1) is 30.8 Å².